The van der Waals surface area contributed by atoms with Crippen LogP contribution in [0.3, 0.4) is 0 Å². The minimum Gasteiger partial charge on any atom is -0.379 e. The second-order valence-electron chi connectivity index (χ2n) is 8.07. The van der Waals surface area contributed by atoms with Crippen molar-refractivity contribution in [2.75, 3.05) is 57.8 Å². The molecule has 11 heteroatoms. The van der Waals surface area contributed by atoms with Crippen molar-refractivity contribution in [2.45, 2.75) is 17.6 Å². The molecule has 1 aromatic carbocycles. The Morgan fingerprint density at radius 3 is 2.45 bits per heavy atom. The van der Waals surface area contributed by atoms with Crippen LogP contribution < -0.4 is 5.32 Å². The van der Waals surface area contributed by atoms with Gasteiger partial charge in [0.05, 0.1) is 18.2 Å². The third-order valence-corrected chi connectivity index (χ3v) is 9.08. The molecule has 2 fully saturated rings. The summed E-state index contributed by atoms with van der Waals surface area (Å²) in [6.07, 6.45) is 0.673. The van der Waals surface area contributed by atoms with Crippen LogP contribution in [0, 0.1) is 6.92 Å². The van der Waals surface area contributed by atoms with Gasteiger partial charge in [-0.15, -0.1) is 11.3 Å². The number of aryl methyl sites for hydroxylation is 1. The molecule has 2 aliphatic rings. The number of carbonyl (C=O) groups excluding carboxylic acids is 2. The molecule has 33 heavy (non-hydrogen) atoms. The molecule has 2 aromatic rings. The lowest BCUT2D eigenvalue weighted by Crippen LogP contribution is -2.40. The number of urea groups is 1. The molecule has 3 amide bonds. The molecule has 1 N–H and O–H groups in total. The predicted molar refractivity (Wildman–Crippen MR) is 126 cm³/mol. The van der Waals surface area contributed by atoms with Gasteiger partial charge in [0.1, 0.15) is 4.21 Å². The number of morpholine rings is 1. The van der Waals surface area contributed by atoms with Gasteiger partial charge < -0.3 is 14.5 Å². The van der Waals surface area contributed by atoms with E-state index in [1.54, 1.807) is 15.9 Å². The van der Waals surface area contributed by atoms with Crippen molar-refractivity contribution >= 4 is 38.3 Å². The third kappa shape index (κ3) is 5.55. The summed E-state index contributed by atoms with van der Waals surface area (Å²) in [6.45, 7) is 5.33. The number of hydrogen-bond acceptors (Lipinski definition) is 6. The first-order valence-corrected chi connectivity index (χ1v) is 13.2. The maximum absolute atomic E-state index is 12.8. The molecule has 4 rings (SSSR count). The zero-order valence-corrected chi connectivity index (χ0v) is 20.2. The van der Waals surface area contributed by atoms with Gasteiger partial charge in [-0.25, -0.2) is 13.2 Å². The molecule has 0 unspecified atom stereocenters. The molecule has 0 saturated carbocycles. The number of amides is 3. The van der Waals surface area contributed by atoms with E-state index in [1.165, 1.54) is 10.4 Å². The van der Waals surface area contributed by atoms with Gasteiger partial charge >= 0.3 is 6.03 Å². The normalized spacial score (nSPS) is 18.1. The molecular formula is C22H28N4O5S2. The van der Waals surface area contributed by atoms with Crippen molar-refractivity contribution in [3.05, 3.63) is 47.5 Å². The summed E-state index contributed by atoms with van der Waals surface area (Å²) in [5.74, 6) is -0.0304. The van der Waals surface area contributed by atoms with Crippen molar-refractivity contribution < 1.29 is 22.7 Å². The van der Waals surface area contributed by atoms with E-state index in [1.807, 2.05) is 31.2 Å². The zero-order valence-electron chi connectivity index (χ0n) is 18.5. The average Bonchev–Trinajstić information content (AvgIpc) is 3.15. The van der Waals surface area contributed by atoms with Crippen LogP contribution in [-0.4, -0.2) is 86.9 Å². The number of sulfonamides is 1. The van der Waals surface area contributed by atoms with Crippen LogP contribution >= 0.6 is 11.3 Å². The molecule has 0 spiro atoms. The third-order valence-electron chi connectivity index (χ3n) is 5.71. The molecule has 1 aromatic heterocycles. The first kappa shape index (κ1) is 23.7. The molecule has 0 bridgehead atoms. The maximum Gasteiger partial charge on any atom is 0.322 e. The molecule has 9 nitrogen and oxygen atoms in total. The predicted octanol–water partition coefficient (Wildman–Crippen LogP) is 2.46. The van der Waals surface area contributed by atoms with Crippen LogP contribution in [0.4, 0.5) is 9.80 Å². The standard InChI is InChI=1S/C22H28N4O5S2/c1-17-4-2-5-18(16-17)21(27)24-8-3-9-25(11-10-24)22(28)23-19-6-7-20(32-19)33(29,30)26-12-14-31-15-13-26/h2,4-7,16H,3,8-15H2,1H3,(H,23,28). The fourth-order valence-electron chi connectivity index (χ4n) is 3.91. The lowest BCUT2D eigenvalue weighted by atomic mass is 10.1. The number of anilines is 1. The van der Waals surface area contributed by atoms with Crippen LogP contribution in [0.1, 0.15) is 22.3 Å². The number of nitrogens with one attached hydrogen (secondary N) is 1. The minimum atomic E-state index is -3.59. The zero-order chi connectivity index (χ0) is 23.4. The van der Waals surface area contributed by atoms with E-state index in [2.05, 4.69) is 5.32 Å². The van der Waals surface area contributed by atoms with Crippen LogP contribution in [-0.2, 0) is 14.8 Å². The molecule has 0 atom stereocenters. The maximum atomic E-state index is 12.8. The second kappa shape index (κ2) is 10.2. The van der Waals surface area contributed by atoms with E-state index in [0.717, 1.165) is 16.9 Å². The lowest BCUT2D eigenvalue weighted by Gasteiger charge is -2.25. The van der Waals surface area contributed by atoms with Gasteiger partial charge in [0, 0.05) is 44.8 Å². The van der Waals surface area contributed by atoms with E-state index in [4.69, 9.17) is 4.74 Å². The number of rotatable bonds is 4. The van der Waals surface area contributed by atoms with Crippen LogP contribution in [0.25, 0.3) is 0 Å². The Hall–Kier alpha value is -2.47. The molecular weight excluding hydrogens is 464 g/mol. The molecule has 3 heterocycles. The fraction of sp³-hybridized carbons (Fsp3) is 0.455. The largest absolute Gasteiger partial charge is 0.379 e. The smallest absolute Gasteiger partial charge is 0.322 e. The van der Waals surface area contributed by atoms with Crippen molar-refractivity contribution in [2.24, 2.45) is 0 Å². The first-order valence-electron chi connectivity index (χ1n) is 10.9. The van der Waals surface area contributed by atoms with Crippen LogP contribution in [0.2, 0.25) is 0 Å². The summed E-state index contributed by atoms with van der Waals surface area (Å²) in [6, 6.07) is 10.3. The molecule has 2 aliphatic heterocycles. The van der Waals surface area contributed by atoms with E-state index in [0.29, 0.717) is 69.5 Å². The minimum absolute atomic E-state index is 0.0304. The highest BCUT2D eigenvalue weighted by Crippen LogP contribution is 2.29. The topological polar surface area (TPSA) is 99.3 Å². The Kier molecular flexibility index (Phi) is 7.32. The Balaban J connectivity index is 1.35. The van der Waals surface area contributed by atoms with Crippen LogP contribution in [0.5, 0.6) is 0 Å². The van der Waals surface area contributed by atoms with Gasteiger partial charge in [0.25, 0.3) is 15.9 Å². The van der Waals surface area contributed by atoms with E-state index in [9.17, 15) is 18.0 Å². The highest BCUT2D eigenvalue weighted by Gasteiger charge is 2.28. The number of benzene rings is 1. The van der Waals surface area contributed by atoms with E-state index < -0.39 is 10.0 Å². The fourth-order valence-corrected chi connectivity index (χ4v) is 6.67. The van der Waals surface area contributed by atoms with E-state index in [-0.39, 0.29) is 16.1 Å². The van der Waals surface area contributed by atoms with Gasteiger partial charge in [-0.1, -0.05) is 17.7 Å². The van der Waals surface area contributed by atoms with Crippen molar-refractivity contribution in [3.63, 3.8) is 0 Å². The van der Waals surface area contributed by atoms with Gasteiger partial charge in [-0.2, -0.15) is 4.31 Å². The molecule has 178 valence electrons. The van der Waals surface area contributed by atoms with E-state index >= 15 is 0 Å². The van der Waals surface area contributed by atoms with Gasteiger partial charge in [0.15, 0.2) is 0 Å². The Morgan fingerprint density at radius 1 is 0.970 bits per heavy atom. The van der Waals surface area contributed by atoms with Gasteiger partial charge in [-0.3, -0.25) is 10.1 Å². The number of hydrogen-bond donors (Lipinski definition) is 1. The Labute approximate surface area is 198 Å². The first-order chi connectivity index (χ1) is 15.8. The molecule has 0 aliphatic carbocycles. The number of nitrogens with zero attached hydrogens (tertiary/aromatic N) is 3. The highest BCUT2D eigenvalue weighted by molar-refractivity contribution is 7.91. The summed E-state index contributed by atoms with van der Waals surface area (Å²) in [5.41, 5.74) is 1.68. The molecule has 2 saturated heterocycles. The van der Waals surface area contributed by atoms with Crippen molar-refractivity contribution in [1.82, 2.24) is 14.1 Å². The number of carbonyl (C=O) groups is 2. The summed E-state index contributed by atoms with van der Waals surface area (Å²) >= 11 is 1.04. The van der Waals surface area contributed by atoms with Crippen molar-refractivity contribution in [1.29, 1.82) is 0 Å². The van der Waals surface area contributed by atoms with Crippen LogP contribution in [0.15, 0.2) is 40.6 Å². The lowest BCUT2D eigenvalue weighted by molar-refractivity contribution is 0.0731. The average molecular weight is 493 g/mol. The second-order valence-corrected chi connectivity index (χ2v) is 11.3. The summed E-state index contributed by atoms with van der Waals surface area (Å²) in [4.78, 5) is 29.1. The summed E-state index contributed by atoms with van der Waals surface area (Å²) in [5, 5.41) is 3.29. The van der Waals surface area contributed by atoms with Gasteiger partial charge in [0.2, 0.25) is 0 Å². The Bertz CT molecular complexity index is 1110. The quantitative estimate of drug-likeness (QED) is 0.707. The number of thiophene rings is 1. The summed E-state index contributed by atoms with van der Waals surface area (Å²) < 4.78 is 32.4. The van der Waals surface area contributed by atoms with Crippen molar-refractivity contribution in [3.8, 4) is 0 Å². The monoisotopic (exact) mass is 492 g/mol. The number of ether oxygens (including phenoxy) is 1. The van der Waals surface area contributed by atoms with Gasteiger partial charge in [-0.05, 0) is 37.6 Å². The SMILES string of the molecule is Cc1cccc(C(=O)N2CCCN(C(=O)Nc3ccc(S(=O)(=O)N4CCOCC4)s3)CC2)c1. The Morgan fingerprint density at radius 2 is 1.70 bits per heavy atom. The summed E-state index contributed by atoms with van der Waals surface area (Å²) in [7, 11) is -3.59. The highest BCUT2D eigenvalue weighted by atomic mass is 32.2. The molecule has 0 radical (unpaired) electrons.